The lowest BCUT2D eigenvalue weighted by molar-refractivity contribution is 0.730. The number of aromatic nitrogens is 1. The maximum absolute atomic E-state index is 9.13. The van der Waals surface area contributed by atoms with E-state index in [4.69, 9.17) is 11.0 Å². The largest absolute Gasteiger partial charge is 0.398 e. The van der Waals surface area contributed by atoms with E-state index >= 15 is 0 Å². The van der Waals surface area contributed by atoms with E-state index in [2.05, 4.69) is 22.0 Å². The minimum Gasteiger partial charge on any atom is -0.398 e. The Morgan fingerprint density at radius 3 is 3.00 bits per heavy atom. The fourth-order valence-electron chi connectivity index (χ4n) is 2.58. The smallest absolute Gasteiger partial charge is 0.163 e. The van der Waals surface area contributed by atoms with Crippen molar-refractivity contribution in [3.63, 3.8) is 0 Å². The van der Waals surface area contributed by atoms with E-state index in [1.54, 1.807) is 6.20 Å². The van der Waals surface area contributed by atoms with Gasteiger partial charge in [0.25, 0.3) is 0 Å². The van der Waals surface area contributed by atoms with Crippen molar-refractivity contribution in [3.05, 3.63) is 53.3 Å². The van der Waals surface area contributed by atoms with Crippen LogP contribution in [0.15, 0.2) is 36.5 Å². The number of benzene rings is 1. The average molecular weight is 250 g/mol. The Hall–Kier alpha value is -2.54. The van der Waals surface area contributed by atoms with Gasteiger partial charge in [0.15, 0.2) is 5.69 Å². The molecule has 3 rings (SSSR count). The second kappa shape index (κ2) is 4.62. The molecule has 0 atom stereocenters. The lowest BCUT2D eigenvalue weighted by Gasteiger charge is -2.31. The van der Waals surface area contributed by atoms with Gasteiger partial charge in [0, 0.05) is 25.0 Å². The van der Waals surface area contributed by atoms with Crippen LogP contribution in [0.1, 0.15) is 16.8 Å². The molecule has 4 nitrogen and oxygen atoms in total. The summed E-state index contributed by atoms with van der Waals surface area (Å²) in [6.07, 6.45) is 2.56. The molecule has 2 heterocycles. The van der Waals surface area contributed by atoms with Crippen molar-refractivity contribution >= 4 is 11.4 Å². The van der Waals surface area contributed by atoms with Crippen molar-refractivity contribution in [2.45, 2.75) is 13.0 Å². The first-order chi connectivity index (χ1) is 9.29. The van der Waals surface area contributed by atoms with Gasteiger partial charge in [-0.1, -0.05) is 12.1 Å². The average Bonchev–Trinajstić information content (AvgIpc) is 2.47. The predicted molar refractivity (Wildman–Crippen MR) is 74.6 cm³/mol. The molecule has 1 aromatic carbocycles. The van der Waals surface area contributed by atoms with Gasteiger partial charge in [-0.3, -0.25) is 0 Å². The molecular formula is C15H14N4. The normalized spacial score (nSPS) is 13.7. The molecule has 94 valence electrons. The third-order valence-electron chi connectivity index (χ3n) is 3.54. The van der Waals surface area contributed by atoms with Gasteiger partial charge in [0.05, 0.1) is 5.69 Å². The molecule has 0 saturated heterocycles. The number of hydrogen-bond donors (Lipinski definition) is 1. The third-order valence-corrected chi connectivity index (χ3v) is 3.54. The van der Waals surface area contributed by atoms with Crippen molar-refractivity contribution in [2.75, 3.05) is 17.2 Å². The first kappa shape index (κ1) is 11.5. The number of hydrogen-bond acceptors (Lipinski definition) is 4. The van der Waals surface area contributed by atoms with Crippen molar-refractivity contribution in [1.82, 2.24) is 4.98 Å². The summed E-state index contributed by atoms with van der Waals surface area (Å²) < 4.78 is 0. The number of nitrogens with zero attached hydrogens (tertiary/aromatic N) is 3. The number of fused-ring (bicyclic) bond motifs is 1. The minimum atomic E-state index is 0.481. The zero-order valence-electron chi connectivity index (χ0n) is 10.5. The fourth-order valence-corrected chi connectivity index (χ4v) is 2.58. The molecule has 1 aliphatic rings. The molecule has 0 saturated carbocycles. The van der Waals surface area contributed by atoms with Crippen LogP contribution in [0.5, 0.6) is 0 Å². The first-order valence-corrected chi connectivity index (χ1v) is 6.26. The SMILES string of the molecule is N#Cc1ncccc1N1CCc2c(N)cccc2C1. The van der Waals surface area contributed by atoms with E-state index < -0.39 is 0 Å². The second-order valence-electron chi connectivity index (χ2n) is 4.64. The van der Waals surface area contributed by atoms with Crippen molar-refractivity contribution < 1.29 is 0 Å². The number of rotatable bonds is 1. The molecule has 2 N–H and O–H groups in total. The van der Waals surface area contributed by atoms with Gasteiger partial charge in [-0.25, -0.2) is 4.98 Å². The highest BCUT2D eigenvalue weighted by Gasteiger charge is 2.20. The Balaban J connectivity index is 1.96. The third kappa shape index (κ3) is 2.00. The van der Waals surface area contributed by atoms with Gasteiger partial charge >= 0.3 is 0 Å². The van der Waals surface area contributed by atoms with Crippen LogP contribution in [0.3, 0.4) is 0 Å². The van der Waals surface area contributed by atoms with Crippen molar-refractivity contribution in [2.24, 2.45) is 0 Å². The molecule has 0 aliphatic carbocycles. The van der Waals surface area contributed by atoms with E-state index in [-0.39, 0.29) is 0 Å². The van der Waals surface area contributed by atoms with Crippen LogP contribution in [0.2, 0.25) is 0 Å². The van der Waals surface area contributed by atoms with Gasteiger partial charge in [0.1, 0.15) is 6.07 Å². The lowest BCUT2D eigenvalue weighted by atomic mass is 9.97. The number of pyridine rings is 1. The molecule has 0 spiro atoms. The quantitative estimate of drug-likeness (QED) is 0.787. The molecule has 0 fully saturated rings. The molecule has 19 heavy (non-hydrogen) atoms. The molecule has 1 aliphatic heterocycles. The van der Waals surface area contributed by atoms with Crippen LogP contribution in [-0.4, -0.2) is 11.5 Å². The molecule has 2 aromatic rings. The fraction of sp³-hybridized carbons (Fsp3) is 0.200. The van der Waals surface area contributed by atoms with Crippen LogP contribution < -0.4 is 10.6 Å². The van der Waals surface area contributed by atoms with Crippen LogP contribution in [0.4, 0.5) is 11.4 Å². The van der Waals surface area contributed by atoms with E-state index in [1.165, 1.54) is 11.1 Å². The topological polar surface area (TPSA) is 65.9 Å². The summed E-state index contributed by atoms with van der Waals surface area (Å²) in [6, 6.07) is 12.0. The summed E-state index contributed by atoms with van der Waals surface area (Å²) in [5.74, 6) is 0. The Kier molecular flexibility index (Phi) is 2.81. The van der Waals surface area contributed by atoms with Crippen molar-refractivity contribution in [3.8, 4) is 6.07 Å². The van der Waals surface area contributed by atoms with E-state index in [0.717, 1.165) is 30.9 Å². The highest BCUT2D eigenvalue weighted by Crippen LogP contribution is 2.28. The minimum absolute atomic E-state index is 0.481. The summed E-state index contributed by atoms with van der Waals surface area (Å²) >= 11 is 0. The maximum Gasteiger partial charge on any atom is 0.163 e. The zero-order chi connectivity index (χ0) is 13.2. The lowest BCUT2D eigenvalue weighted by Crippen LogP contribution is -2.31. The number of nitriles is 1. The van der Waals surface area contributed by atoms with Gasteiger partial charge in [-0.15, -0.1) is 0 Å². The Bertz CT molecular complexity index is 657. The first-order valence-electron chi connectivity index (χ1n) is 6.26. The standard InChI is InChI=1S/C15H14N4/c16-9-14-15(5-2-7-18-14)19-8-6-12-11(10-19)3-1-4-13(12)17/h1-5,7H,6,8,10,17H2. The predicted octanol–water partition coefficient (Wildman–Crippen LogP) is 2.10. The summed E-state index contributed by atoms with van der Waals surface area (Å²) in [7, 11) is 0. The number of nitrogens with two attached hydrogens (primary N) is 1. The molecule has 0 unspecified atom stereocenters. The maximum atomic E-state index is 9.13. The molecular weight excluding hydrogens is 236 g/mol. The Labute approximate surface area is 112 Å². The summed E-state index contributed by atoms with van der Waals surface area (Å²) in [5, 5.41) is 9.13. The highest BCUT2D eigenvalue weighted by molar-refractivity contribution is 5.60. The Morgan fingerprint density at radius 1 is 1.26 bits per heavy atom. The van der Waals surface area contributed by atoms with E-state index in [0.29, 0.717) is 5.69 Å². The zero-order valence-corrected chi connectivity index (χ0v) is 10.5. The summed E-state index contributed by atoms with van der Waals surface area (Å²) in [4.78, 5) is 6.31. The van der Waals surface area contributed by atoms with Crippen LogP contribution in [0.25, 0.3) is 0 Å². The van der Waals surface area contributed by atoms with E-state index in [1.807, 2.05) is 24.3 Å². The highest BCUT2D eigenvalue weighted by atomic mass is 15.1. The van der Waals surface area contributed by atoms with Gasteiger partial charge < -0.3 is 10.6 Å². The van der Waals surface area contributed by atoms with Crippen molar-refractivity contribution in [1.29, 1.82) is 5.26 Å². The molecule has 0 radical (unpaired) electrons. The second-order valence-corrected chi connectivity index (χ2v) is 4.64. The number of nitrogen functional groups attached to an aromatic ring is 1. The molecule has 1 aromatic heterocycles. The monoisotopic (exact) mass is 250 g/mol. The van der Waals surface area contributed by atoms with Crippen LogP contribution in [-0.2, 0) is 13.0 Å². The van der Waals surface area contributed by atoms with Crippen LogP contribution >= 0.6 is 0 Å². The summed E-state index contributed by atoms with van der Waals surface area (Å²) in [6.45, 7) is 1.64. The van der Waals surface area contributed by atoms with Gasteiger partial charge in [0.2, 0.25) is 0 Å². The van der Waals surface area contributed by atoms with Gasteiger partial charge in [-0.2, -0.15) is 5.26 Å². The van der Waals surface area contributed by atoms with E-state index in [9.17, 15) is 0 Å². The molecule has 0 amide bonds. The Morgan fingerprint density at radius 2 is 2.16 bits per heavy atom. The van der Waals surface area contributed by atoms with Gasteiger partial charge in [-0.05, 0) is 35.7 Å². The molecule has 0 bridgehead atoms. The summed E-state index contributed by atoms with van der Waals surface area (Å²) in [5.41, 5.74) is 10.7. The number of anilines is 2. The van der Waals surface area contributed by atoms with Crippen LogP contribution in [0, 0.1) is 11.3 Å². The molecule has 4 heteroatoms.